The lowest BCUT2D eigenvalue weighted by Gasteiger charge is -2.22. The van der Waals surface area contributed by atoms with Crippen LogP contribution in [0.15, 0.2) is 91.0 Å². The Bertz CT molecular complexity index is 1650. The summed E-state index contributed by atoms with van der Waals surface area (Å²) in [6.07, 6.45) is 0. The first-order valence-corrected chi connectivity index (χ1v) is 13.0. The van der Waals surface area contributed by atoms with Crippen LogP contribution in [0.4, 0.5) is 34.1 Å². The van der Waals surface area contributed by atoms with Gasteiger partial charge in [-0.2, -0.15) is 0 Å². The maximum Gasteiger partial charge on any atom is 0.271 e. The number of non-ortho nitro benzene ring substituents is 3. The summed E-state index contributed by atoms with van der Waals surface area (Å²) < 4.78 is 0. The summed E-state index contributed by atoms with van der Waals surface area (Å²) in [6, 6.07) is 19.6. The van der Waals surface area contributed by atoms with Crippen LogP contribution in [0.25, 0.3) is 0 Å². The molecule has 0 atom stereocenters. The zero-order chi connectivity index (χ0) is 33.0. The van der Waals surface area contributed by atoms with Gasteiger partial charge >= 0.3 is 0 Å². The first-order valence-electron chi connectivity index (χ1n) is 13.0. The molecule has 15 nitrogen and oxygen atoms in total. The molecule has 0 aliphatic carbocycles. The van der Waals surface area contributed by atoms with Crippen molar-refractivity contribution >= 4 is 51.8 Å². The molecule has 4 aromatic rings. The first kappa shape index (κ1) is 31.4. The van der Waals surface area contributed by atoms with Gasteiger partial charge in [-0.25, -0.2) is 0 Å². The van der Waals surface area contributed by atoms with Crippen LogP contribution < -0.4 is 14.7 Å². The highest BCUT2D eigenvalue weighted by Crippen LogP contribution is 2.27. The molecular weight excluding hydrogens is 588 g/mol. The highest BCUT2D eigenvalue weighted by molar-refractivity contribution is 6.14. The number of carbonyl (C=O) groups is 3. The van der Waals surface area contributed by atoms with Crippen molar-refractivity contribution in [3.8, 4) is 0 Å². The predicted octanol–water partition coefficient (Wildman–Crippen LogP) is 5.24. The molecule has 0 saturated heterocycles. The Labute approximate surface area is 255 Å². The highest BCUT2D eigenvalue weighted by Gasteiger charge is 2.25. The summed E-state index contributed by atoms with van der Waals surface area (Å²) in [6.45, 7) is 0. The van der Waals surface area contributed by atoms with Crippen molar-refractivity contribution in [1.82, 2.24) is 0 Å². The summed E-state index contributed by atoms with van der Waals surface area (Å²) in [5.74, 6) is -2.14. The maximum absolute atomic E-state index is 13.7. The van der Waals surface area contributed by atoms with Crippen LogP contribution in [0, 0.1) is 30.3 Å². The van der Waals surface area contributed by atoms with Crippen LogP contribution in [0.5, 0.6) is 0 Å². The largest absolute Gasteiger partial charge is 0.311 e. The number of anilines is 3. The third-order valence-electron chi connectivity index (χ3n) is 6.87. The monoisotopic (exact) mass is 612 g/mol. The fraction of sp³-hybridized carbons (Fsp3) is 0.100. The molecule has 0 bridgehead atoms. The van der Waals surface area contributed by atoms with Gasteiger partial charge in [0.2, 0.25) is 0 Å². The molecule has 0 heterocycles. The number of benzene rings is 4. The molecule has 0 N–H and O–H groups in total. The lowest BCUT2D eigenvalue weighted by Crippen LogP contribution is -2.31. The zero-order valence-corrected chi connectivity index (χ0v) is 24.0. The SMILES string of the molecule is CN(C(=O)c1cc(C(=O)N(C)c2cccc([N+](=O)[O-])c2)cc(C(=O)N(C)c2cccc([N+](=O)[O-])c2)c1)c1cccc([N+](=O)[O-])c1. The number of hydrogen-bond donors (Lipinski definition) is 0. The fourth-order valence-corrected chi connectivity index (χ4v) is 4.38. The third-order valence-corrected chi connectivity index (χ3v) is 6.87. The van der Waals surface area contributed by atoms with E-state index in [4.69, 9.17) is 0 Å². The van der Waals surface area contributed by atoms with E-state index in [1.54, 1.807) is 0 Å². The number of hydrogen-bond acceptors (Lipinski definition) is 9. The van der Waals surface area contributed by atoms with E-state index in [2.05, 4.69) is 0 Å². The van der Waals surface area contributed by atoms with E-state index in [1.165, 1.54) is 112 Å². The summed E-state index contributed by atoms with van der Waals surface area (Å²) in [7, 11) is 4.09. The van der Waals surface area contributed by atoms with E-state index in [0.717, 1.165) is 14.7 Å². The lowest BCUT2D eigenvalue weighted by atomic mass is 10.0. The van der Waals surface area contributed by atoms with Gasteiger partial charge in [-0.1, -0.05) is 18.2 Å². The van der Waals surface area contributed by atoms with E-state index in [-0.39, 0.29) is 50.8 Å². The average Bonchev–Trinajstić information content (AvgIpc) is 3.06. The van der Waals surface area contributed by atoms with E-state index in [0.29, 0.717) is 0 Å². The third kappa shape index (κ3) is 6.77. The average molecular weight is 613 g/mol. The lowest BCUT2D eigenvalue weighted by molar-refractivity contribution is -0.385. The topological polar surface area (TPSA) is 190 Å². The van der Waals surface area contributed by atoms with Crippen LogP contribution in [-0.2, 0) is 0 Å². The molecule has 4 aromatic carbocycles. The van der Waals surface area contributed by atoms with Gasteiger partial charge in [0.15, 0.2) is 0 Å². The molecule has 45 heavy (non-hydrogen) atoms. The summed E-state index contributed by atoms with van der Waals surface area (Å²) in [4.78, 5) is 76.3. The Kier molecular flexibility index (Phi) is 8.93. The molecule has 0 aliphatic heterocycles. The van der Waals surface area contributed by atoms with Crippen LogP contribution in [-0.4, -0.2) is 53.6 Å². The summed E-state index contributed by atoms with van der Waals surface area (Å²) >= 11 is 0. The van der Waals surface area contributed by atoms with Gasteiger partial charge < -0.3 is 14.7 Å². The number of amides is 3. The number of nitro benzene ring substituents is 3. The van der Waals surface area contributed by atoms with Crippen molar-refractivity contribution < 1.29 is 29.2 Å². The smallest absolute Gasteiger partial charge is 0.271 e. The van der Waals surface area contributed by atoms with E-state index < -0.39 is 32.5 Å². The van der Waals surface area contributed by atoms with Gasteiger partial charge in [-0.15, -0.1) is 0 Å². The second kappa shape index (κ2) is 12.8. The fourth-order valence-electron chi connectivity index (χ4n) is 4.38. The van der Waals surface area contributed by atoms with Crippen molar-refractivity contribution in [2.45, 2.75) is 0 Å². The predicted molar refractivity (Wildman–Crippen MR) is 164 cm³/mol. The molecule has 0 radical (unpaired) electrons. The van der Waals surface area contributed by atoms with Crippen LogP contribution in [0.2, 0.25) is 0 Å². The molecule has 0 saturated carbocycles. The number of nitro groups is 3. The van der Waals surface area contributed by atoms with Gasteiger partial charge in [0.25, 0.3) is 34.8 Å². The van der Waals surface area contributed by atoms with Crippen molar-refractivity contribution in [1.29, 1.82) is 0 Å². The van der Waals surface area contributed by atoms with E-state index in [1.807, 2.05) is 0 Å². The zero-order valence-electron chi connectivity index (χ0n) is 24.0. The molecule has 0 fully saturated rings. The van der Waals surface area contributed by atoms with Crippen LogP contribution in [0.3, 0.4) is 0 Å². The minimum Gasteiger partial charge on any atom is -0.311 e. The van der Waals surface area contributed by atoms with Crippen molar-refractivity contribution in [2.75, 3.05) is 35.8 Å². The Balaban J connectivity index is 1.79. The summed E-state index contributed by atoms with van der Waals surface area (Å²) in [5.41, 5.74) is -0.657. The molecule has 15 heteroatoms. The van der Waals surface area contributed by atoms with Gasteiger partial charge in [0.1, 0.15) is 0 Å². The quantitative estimate of drug-likeness (QED) is 0.180. The van der Waals surface area contributed by atoms with Crippen molar-refractivity contribution in [3.05, 3.63) is 138 Å². The van der Waals surface area contributed by atoms with Gasteiger partial charge in [-0.3, -0.25) is 44.7 Å². The number of rotatable bonds is 9. The van der Waals surface area contributed by atoms with Gasteiger partial charge in [0.05, 0.1) is 31.8 Å². The Morgan fingerprint density at radius 3 is 0.933 bits per heavy atom. The normalized spacial score (nSPS) is 10.5. The van der Waals surface area contributed by atoms with Gasteiger partial charge in [0, 0.05) is 74.2 Å². The second-order valence-electron chi connectivity index (χ2n) is 9.72. The highest BCUT2D eigenvalue weighted by atomic mass is 16.6. The molecule has 3 amide bonds. The Morgan fingerprint density at radius 2 is 0.711 bits per heavy atom. The standard InChI is InChI=1S/C30H24N6O9/c1-31(22-7-4-10-25(16-22)34(40)41)28(37)19-13-20(29(38)32(2)23-8-5-11-26(17-23)35(42)43)15-21(14-19)30(39)33(3)24-9-6-12-27(18-24)36(44)45/h4-18H,1-3H3. The number of carbonyl (C=O) groups excluding carboxylic acids is 3. The van der Waals surface area contributed by atoms with E-state index in [9.17, 15) is 44.7 Å². The van der Waals surface area contributed by atoms with E-state index >= 15 is 0 Å². The van der Waals surface area contributed by atoms with Crippen molar-refractivity contribution in [2.24, 2.45) is 0 Å². The van der Waals surface area contributed by atoms with Crippen molar-refractivity contribution in [3.63, 3.8) is 0 Å². The molecule has 0 aliphatic rings. The minimum absolute atomic E-state index is 0.127. The van der Waals surface area contributed by atoms with Crippen LogP contribution >= 0.6 is 0 Å². The van der Waals surface area contributed by atoms with Gasteiger partial charge in [-0.05, 0) is 36.4 Å². The Hall–Kier alpha value is -6.51. The Morgan fingerprint density at radius 1 is 0.467 bits per heavy atom. The van der Waals surface area contributed by atoms with Crippen LogP contribution in [0.1, 0.15) is 31.1 Å². The summed E-state index contributed by atoms with van der Waals surface area (Å²) in [5, 5.41) is 33.8. The maximum atomic E-state index is 13.7. The number of nitrogens with zero attached hydrogens (tertiary/aromatic N) is 6. The molecular formula is C30H24N6O9. The molecule has 0 spiro atoms. The molecule has 4 rings (SSSR count). The first-order chi connectivity index (χ1) is 21.3. The molecule has 0 aromatic heterocycles. The molecule has 0 unspecified atom stereocenters. The minimum atomic E-state index is -0.713. The molecule has 228 valence electrons. The second-order valence-corrected chi connectivity index (χ2v) is 9.72.